The molecule has 0 spiro atoms. The van der Waals surface area contributed by atoms with Gasteiger partial charge in [-0.05, 0) is 60.1 Å². The van der Waals surface area contributed by atoms with Crippen LogP contribution in [0.4, 0.5) is 5.69 Å². The highest BCUT2D eigenvalue weighted by atomic mass is 79.9. The summed E-state index contributed by atoms with van der Waals surface area (Å²) >= 11 is 11.2. The van der Waals surface area contributed by atoms with Gasteiger partial charge >= 0.3 is 0 Å². The minimum atomic E-state index is 0.307. The highest BCUT2D eigenvalue weighted by Crippen LogP contribution is 2.29. The van der Waals surface area contributed by atoms with Gasteiger partial charge in [0, 0.05) is 19.9 Å². The Morgan fingerprint density at radius 3 is 2.65 bits per heavy atom. The van der Waals surface area contributed by atoms with E-state index in [-0.39, 0.29) is 0 Å². The van der Waals surface area contributed by atoms with Gasteiger partial charge in [-0.15, -0.1) is 11.3 Å². The number of benzene rings is 1. The van der Waals surface area contributed by atoms with Crippen LogP contribution in [-0.4, -0.2) is 0 Å². The fraction of sp³-hybridized carbons (Fsp3) is 0.231. The summed E-state index contributed by atoms with van der Waals surface area (Å²) in [6, 6.07) is 10.5. The van der Waals surface area contributed by atoms with E-state index in [2.05, 4.69) is 47.2 Å². The van der Waals surface area contributed by atoms with Crippen molar-refractivity contribution >= 4 is 44.6 Å². The molecule has 90 valence electrons. The summed E-state index contributed by atoms with van der Waals surface area (Å²) in [6.45, 7) is 4.29. The number of hydrogen-bond donors (Lipinski definition) is 1. The highest BCUT2D eigenvalue weighted by molar-refractivity contribution is 9.10. The van der Waals surface area contributed by atoms with Gasteiger partial charge in [0.05, 0.1) is 11.1 Å². The molecule has 4 heteroatoms. The summed E-state index contributed by atoms with van der Waals surface area (Å²) < 4.78 is 0.915. The predicted molar refractivity (Wildman–Crippen MR) is 80.2 cm³/mol. The number of thiophene rings is 1. The lowest BCUT2D eigenvalue weighted by atomic mass is 10.2. The second kappa shape index (κ2) is 5.42. The van der Waals surface area contributed by atoms with E-state index in [4.69, 9.17) is 11.6 Å². The van der Waals surface area contributed by atoms with Crippen LogP contribution in [0.2, 0.25) is 5.02 Å². The maximum absolute atomic E-state index is 5.96. The van der Waals surface area contributed by atoms with Crippen molar-refractivity contribution in [3.63, 3.8) is 0 Å². The third-order valence-corrected chi connectivity index (χ3v) is 4.89. The van der Waals surface area contributed by atoms with Crippen LogP contribution in [0.3, 0.4) is 0 Å². The van der Waals surface area contributed by atoms with Crippen molar-refractivity contribution in [2.24, 2.45) is 0 Å². The summed E-state index contributed by atoms with van der Waals surface area (Å²) in [5.41, 5.74) is 1.07. The van der Waals surface area contributed by atoms with Crippen LogP contribution in [0, 0.1) is 6.92 Å². The number of anilines is 1. The molecule has 1 atom stereocenters. The summed E-state index contributed by atoms with van der Waals surface area (Å²) in [5.74, 6) is 0. The lowest BCUT2D eigenvalue weighted by Gasteiger charge is -2.14. The zero-order valence-electron chi connectivity index (χ0n) is 9.63. The van der Waals surface area contributed by atoms with E-state index >= 15 is 0 Å². The van der Waals surface area contributed by atoms with Gasteiger partial charge in [-0.1, -0.05) is 11.6 Å². The highest BCUT2D eigenvalue weighted by Gasteiger charge is 2.08. The Morgan fingerprint density at radius 2 is 2.06 bits per heavy atom. The van der Waals surface area contributed by atoms with Crippen molar-refractivity contribution in [3.05, 3.63) is 49.6 Å². The minimum Gasteiger partial charge on any atom is -0.378 e. The first kappa shape index (κ1) is 12.9. The number of rotatable bonds is 3. The first-order valence-corrected chi connectivity index (χ1v) is 7.33. The Hall–Kier alpha value is -0.510. The molecule has 0 radical (unpaired) electrons. The Balaban J connectivity index is 2.12. The molecule has 0 saturated heterocycles. The molecule has 0 amide bonds. The third kappa shape index (κ3) is 3.24. The number of nitrogens with one attached hydrogen (secondary N) is 1. The van der Waals surface area contributed by atoms with Gasteiger partial charge in [0.25, 0.3) is 0 Å². The van der Waals surface area contributed by atoms with Crippen LogP contribution >= 0.6 is 38.9 Å². The quantitative estimate of drug-likeness (QED) is 0.767. The van der Waals surface area contributed by atoms with Gasteiger partial charge in [0.15, 0.2) is 0 Å². The van der Waals surface area contributed by atoms with Crippen LogP contribution in [0.15, 0.2) is 34.8 Å². The predicted octanol–water partition coefficient (Wildman–Crippen LogP) is 5.65. The molecule has 0 aliphatic carbocycles. The molecule has 1 nitrogen and oxygen atoms in total. The fourth-order valence-corrected chi connectivity index (χ4v) is 2.97. The number of aryl methyl sites for hydroxylation is 1. The molecule has 0 bridgehead atoms. The molecule has 1 heterocycles. The molecule has 2 rings (SSSR count). The zero-order valence-corrected chi connectivity index (χ0v) is 12.8. The molecule has 0 aliphatic rings. The first-order chi connectivity index (χ1) is 8.06. The van der Waals surface area contributed by atoms with Crippen molar-refractivity contribution in [1.82, 2.24) is 0 Å². The summed E-state index contributed by atoms with van der Waals surface area (Å²) in [6.07, 6.45) is 0. The smallest absolute Gasteiger partial charge is 0.0578 e. The van der Waals surface area contributed by atoms with Crippen LogP contribution in [-0.2, 0) is 0 Å². The molecular weight excluding hydrogens is 318 g/mol. The largest absolute Gasteiger partial charge is 0.378 e. The van der Waals surface area contributed by atoms with Gasteiger partial charge < -0.3 is 5.32 Å². The molecule has 1 aromatic heterocycles. The van der Waals surface area contributed by atoms with Crippen LogP contribution in [0.25, 0.3) is 0 Å². The first-order valence-electron chi connectivity index (χ1n) is 5.34. The average Bonchev–Trinajstić information content (AvgIpc) is 2.70. The van der Waals surface area contributed by atoms with E-state index in [1.807, 2.05) is 29.5 Å². The summed E-state index contributed by atoms with van der Waals surface area (Å²) in [4.78, 5) is 2.68. The second-order valence-electron chi connectivity index (χ2n) is 3.94. The van der Waals surface area contributed by atoms with E-state index in [1.165, 1.54) is 9.75 Å². The molecule has 0 saturated carbocycles. The normalized spacial score (nSPS) is 12.5. The van der Waals surface area contributed by atoms with Crippen molar-refractivity contribution in [2.45, 2.75) is 19.9 Å². The van der Waals surface area contributed by atoms with E-state index in [0.29, 0.717) is 6.04 Å². The lowest BCUT2D eigenvalue weighted by Crippen LogP contribution is -2.04. The zero-order chi connectivity index (χ0) is 12.4. The van der Waals surface area contributed by atoms with E-state index in [9.17, 15) is 0 Å². The van der Waals surface area contributed by atoms with Crippen molar-refractivity contribution in [3.8, 4) is 0 Å². The average molecular weight is 331 g/mol. The van der Waals surface area contributed by atoms with Crippen LogP contribution < -0.4 is 5.32 Å². The Morgan fingerprint density at radius 1 is 1.29 bits per heavy atom. The van der Waals surface area contributed by atoms with Gasteiger partial charge in [0.1, 0.15) is 0 Å². The molecule has 17 heavy (non-hydrogen) atoms. The summed E-state index contributed by atoms with van der Waals surface area (Å²) in [5, 5.41) is 4.19. The van der Waals surface area contributed by atoms with E-state index in [1.54, 1.807) is 0 Å². The molecule has 1 unspecified atom stereocenters. The van der Waals surface area contributed by atoms with Gasteiger partial charge in [-0.2, -0.15) is 0 Å². The van der Waals surface area contributed by atoms with E-state index in [0.717, 1.165) is 15.2 Å². The van der Waals surface area contributed by atoms with Gasteiger partial charge in [-0.25, -0.2) is 0 Å². The van der Waals surface area contributed by atoms with Crippen LogP contribution in [0.5, 0.6) is 0 Å². The Kier molecular flexibility index (Phi) is 4.13. The SMILES string of the molecule is Cc1ccc(C(C)Nc2ccc(Cl)c(Br)c2)s1. The maximum atomic E-state index is 5.96. The Bertz CT molecular complexity index is 524. The van der Waals surface area contributed by atoms with Gasteiger partial charge in [-0.3, -0.25) is 0 Å². The fourth-order valence-electron chi connectivity index (χ4n) is 1.59. The van der Waals surface area contributed by atoms with Crippen molar-refractivity contribution in [1.29, 1.82) is 0 Å². The maximum Gasteiger partial charge on any atom is 0.0578 e. The van der Waals surface area contributed by atoms with Crippen LogP contribution in [0.1, 0.15) is 22.7 Å². The summed E-state index contributed by atoms with van der Waals surface area (Å²) in [7, 11) is 0. The molecule has 2 aromatic rings. The third-order valence-electron chi connectivity index (χ3n) is 2.49. The molecule has 0 aliphatic heterocycles. The lowest BCUT2D eigenvalue weighted by molar-refractivity contribution is 0.908. The molecule has 1 N–H and O–H groups in total. The number of halogens is 2. The molecular formula is C13H13BrClNS. The minimum absolute atomic E-state index is 0.307. The van der Waals surface area contributed by atoms with Crippen molar-refractivity contribution < 1.29 is 0 Å². The topological polar surface area (TPSA) is 12.0 Å². The molecule has 0 fully saturated rings. The second-order valence-corrected chi connectivity index (χ2v) is 6.52. The Labute approximate surface area is 119 Å². The van der Waals surface area contributed by atoms with Crippen molar-refractivity contribution in [2.75, 3.05) is 5.32 Å². The monoisotopic (exact) mass is 329 g/mol. The molecule has 1 aromatic carbocycles. The standard InChI is InChI=1S/C13H13BrClNS/c1-8-3-6-13(17-8)9(2)16-10-4-5-12(15)11(14)7-10/h3-7,9,16H,1-2H3. The van der Waals surface area contributed by atoms with E-state index < -0.39 is 0 Å². The number of hydrogen-bond acceptors (Lipinski definition) is 2. The van der Waals surface area contributed by atoms with Gasteiger partial charge in [0.2, 0.25) is 0 Å².